The molecule has 1 unspecified atom stereocenters. The molecule has 0 aliphatic carbocycles. The van der Waals surface area contributed by atoms with Gasteiger partial charge >= 0.3 is 5.69 Å². The maximum atomic E-state index is 12.7. The number of aromatic nitrogens is 3. The van der Waals surface area contributed by atoms with Crippen molar-refractivity contribution in [2.75, 3.05) is 13.1 Å². The van der Waals surface area contributed by atoms with Crippen LogP contribution in [-0.4, -0.2) is 38.2 Å². The Balaban J connectivity index is 1.67. The second kappa shape index (κ2) is 6.92. The Labute approximate surface area is 155 Å². The van der Waals surface area contributed by atoms with Gasteiger partial charge < -0.3 is 4.90 Å². The average Bonchev–Trinajstić information content (AvgIpc) is 3.31. The minimum atomic E-state index is -0.159. The fourth-order valence-electron chi connectivity index (χ4n) is 3.50. The van der Waals surface area contributed by atoms with Crippen molar-refractivity contribution in [2.45, 2.75) is 18.8 Å². The summed E-state index contributed by atoms with van der Waals surface area (Å²) in [7, 11) is 1.67. The molecule has 2 aromatic heterocycles. The molecule has 1 atom stereocenters. The highest BCUT2D eigenvalue weighted by Crippen LogP contribution is 2.28. The van der Waals surface area contributed by atoms with Crippen LogP contribution < -0.4 is 5.69 Å². The Bertz CT molecular complexity index is 959. The van der Waals surface area contributed by atoms with Crippen LogP contribution in [-0.2, 0) is 7.05 Å². The molecule has 4 rings (SSSR count). The summed E-state index contributed by atoms with van der Waals surface area (Å²) in [6, 6.07) is 13.3. The first-order valence-corrected chi connectivity index (χ1v) is 9.57. The first-order valence-electron chi connectivity index (χ1n) is 8.69. The number of nitrogens with zero attached hydrogens (tertiary/aromatic N) is 4. The Morgan fingerprint density at radius 3 is 2.73 bits per heavy atom. The maximum Gasteiger partial charge on any atom is 0.350 e. The Hall–Kier alpha value is -2.67. The lowest BCUT2D eigenvalue weighted by molar-refractivity contribution is 0.0708. The van der Waals surface area contributed by atoms with Crippen molar-refractivity contribution >= 4 is 17.2 Å². The van der Waals surface area contributed by atoms with Gasteiger partial charge in [-0.25, -0.2) is 14.0 Å². The highest BCUT2D eigenvalue weighted by molar-refractivity contribution is 7.12. The number of carbonyl (C=O) groups excluding carboxylic acids is 1. The number of benzene rings is 1. The molecule has 0 saturated carbocycles. The summed E-state index contributed by atoms with van der Waals surface area (Å²) in [6.45, 7) is 1.33. The van der Waals surface area contributed by atoms with Crippen LogP contribution in [0.2, 0.25) is 0 Å². The summed E-state index contributed by atoms with van der Waals surface area (Å²) in [4.78, 5) is 28.0. The van der Waals surface area contributed by atoms with Crippen LogP contribution in [0.1, 0.15) is 34.3 Å². The van der Waals surface area contributed by atoms with E-state index in [2.05, 4.69) is 5.10 Å². The number of piperidine rings is 1. The molecule has 26 heavy (non-hydrogen) atoms. The van der Waals surface area contributed by atoms with Gasteiger partial charge in [0.05, 0.1) is 10.6 Å². The molecular weight excluding hydrogens is 348 g/mol. The minimum Gasteiger partial charge on any atom is -0.337 e. The number of thiophene rings is 1. The molecule has 1 aliphatic rings. The van der Waals surface area contributed by atoms with E-state index >= 15 is 0 Å². The monoisotopic (exact) mass is 368 g/mol. The quantitative estimate of drug-likeness (QED) is 0.714. The van der Waals surface area contributed by atoms with E-state index in [1.165, 1.54) is 16.0 Å². The molecule has 134 valence electrons. The molecule has 6 nitrogen and oxygen atoms in total. The van der Waals surface area contributed by atoms with Crippen molar-refractivity contribution in [1.82, 2.24) is 19.2 Å². The van der Waals surface area contributed by atoms with Crippen molar-refractivity contribution in [3.8, 4) is 5.69 Å². The number of carbonyl (C=O) groups is 1. The predicted molar refractivity (Wildman–Crippen MR) is 101 cm³/mol. The molecule has 1 amide bonds. The van der Waals surface area contributed by atoms with Crippen LogP contribution >= 0.6 is 11.3 Å². The standard InChI is InChI=1S/C19H20N4O2S/c1-21-19(25)23(15-8-3-2-4-9-15)17(20-21)14-7-5-11-22(13-14)18(24)16-10-6-12-26-16/h2-4,6,8-10,12,14H,5,7,11,13H2,1H3. The molecule has 3 aromatic rings. The molecule has 1 aliphatic heterocycles. The zero-order valence-corrected chi connectivity index (χ0v) is 15.4. The summed E-state index contributed by atoms with van der Waals surface area (Å²) in [5.74, 6) is 0.836. The van der Waals surface area contributed by atoms with Crippen molar-refractivity contribution in [3.05, 3.63) is 69.0 Å². The van der Waals surface area contributed by atoms with Gasteiger partial charge in [0.1, 0.15) is 5.82 Å². The molecule has 1 saturated heterocycles. The number of hydrogen-bond acceptors (Lipinski definition) is 4. The third kappa shape index (κ3) is 2.99. The number of amides is 1. The van der Waals surface area contributed by atoms with E-state index in [0.717, 1.165) is 35.8 Å². The van der Waals surface area contributed by atoms with Crippen LogP contribution in [0.3, 0.4) is 0 Å². The van der Waals surface area contributed by atoms with Gasteiger partial charge in [0, 0.05) is 26.1 Å². The largest absolute Gasteiger partial charge is 0.350 e. The Kier molecular flexibility index (Phi) is 4.46. The zero-order chi connectivity index (χ0) is 18.1. The lowest BCUT2D eigenvalue weighted by Gasteiger charge is -2.32. The fraction of sp³-hybridized carbons (Fsp3) is 0.316. The molecule has 3 heterocycles. The maximum absolute atomic E-state index is 12.7. The molecule has 0 radical (unpaired) electrons. The molecular formula is C19H20N4O2S. The van der Waals surface area contributed by atoms with E-state index in [4.69, 9.17) is 0 Å². The lowest BCUT2D eigenvalue weighted by Crippen LogP contribution is -2.39. The number of likely N-dealkylation sites (tertiary alicyclic amines) is 1. The van der Waals surface area contributed by atoms with Crippen molar-refractivity contribution in [3.63, 3.8) is 0 Å². The number of hydrogen-bond donors (Lipinski definition) is 0. The van der Waals surface area contributed by atoms with Crippen molar-refractivity contribution in [2.24, 2.45) is 7.05 Å². The molecule has 1 fully saturated rings. The second-order valence-corrected chi connectivity index (χ2v) is 7.45. The second-order valence-electron chi connectivity index (χ2n) is 6.50. The molecule has 7 heteroatoms. The zero-order valence-electron chi connectivity index (χ0n) is 14.5. The number of para-hydroxylation sites is 1. The van der Waals surface area contributed by atoms with Gasteiger partial charge in [-0.1, -0.05) is 24.3 Å². The SMILES string of the molecule is Cn1nc(C2CCCN(C(=O)c3cccs3)C2)n(-c2ccccc2)c1=O. The van der Waals surface area contributed by atoms with Crippen LogP contribution in [0.15, 0.2) is 52.6 Å². The van der Waals surface area contributed by atoms with Gasteiger partial charge in [0.25, 0.3) is 5.91 Å². The summed E-state index contributed by atoms with van der Waals surface area (Å²) in [6.07, 6.45) is 1.82. The van der Waals surface area contributed by atoms with E-state index in [-0.39, 0.29) is 17.5 Å². The Morgan fingerprint density at radius 2 is 2.00 bits per heavy atom. The van der Waals surface area contributed by atoms with Gasteiger partial charge in [0.15, 0.2) is 0 Å². The third-order valence-corrected chi connectivity index (χ3v) is 5.63. The highest BCUT2D eigenvalue weighted by Gasteiger charge is 2.30. The summed E-state index contributed by atoms with van der Waals surface area (Å²) < 4.78 is 3.05. The van der Waals surface area contributed by atoms with E-state index in [0.29, 0.717) is 6.54 Å². The summed E-state index contributed by atoms with van der Waals surface area (Å²) in [5, 5.41) is 6.42. The molecule has 0 N–H and O–H groups in total. The van der Waals surface area contributed by atoms with Gasteiger partial charge in [-0.05, 0) is 36.4 Å². The summed E-state index contributed by atoms with van der Waals surface area (Å²) >= 11 is 1.46. The van der Waals surface area contributed by atoms with E-state index in [1.54, 1.807) is 11.6 Å². The molecule has 0 spiro atoms. The average molecular weight is 368 g/mol. The van der Waals surface area contributed by atoms with Gasteiger partial charge in [-0.2, -0.15) is 5.10 Å². The van der Waals surface area contributed by atoms with Crippen LogP contribution in [0, 0.1) is 0 Å². The predicted octanol–water partition coefficient (Wildman–Crippen LogP) is 2.65. The van der Waals surface area contributed by atoms with Crippen molar-refractivity contribution < 1.29 is 4.79 Å². The molecule has 1 aromatic carbocycles. The number of aryl methyl sites for hydroxylation is 1. The van der Waals surface area contributed by atoms with E-state index < -0.39 is 0 Å². The van der Waals surface area contributed by atoms with Gasteiger partial charge in [-0.3, -0.25) is 4.79 Å². The van der Waals surface area contributed by atoms with Crippen LogP contribution in [0.4, 0.5) is 0 Å². The van der Waals surface area contributed by atoms with Gasteiger partial charge in [-0.15, -0.1) is 11.3 Å². The normalized spacial score (nSPS) is 17.4. The van der Waals surface area contributed by atoms with Gasteiger partial charge in [0.2, 0.25) is 0 Å². The first-order chi connectivity index (χ1) is 12.6. The highest BCUT2D eigenvalue weighted by atomic mass is 32.1. The Morgan fingerprint density at radius 1 is 1.19 bits per heavy atom. The number of rotatable bonds is 3. The van der Waals surface area contributed by atoms with Crippen molar-refractivity contribution in [1.29, 1.82) is 0 Å². The third-order valence-electron chi connectivity index (χ3n) is 4.77. The topological polar surface area (TPSA) is 60.1 Å². The van der Waals surface area contributed by atoms with Crippen LogP contribution in [0.5, 0.6) is 0 Å². The first kappa shape index (κ1) is 16.8. The lowest BCUT2D eigenvalue weighted by atomic mass is 9.96. The van der Waals surface area contributed by atoms with Crippen LogP contribution in [0.25, 0.3) is 5.69 Å². The smallest absolute Gasteiger partial charge is 0.337 e. The van der Waals surface area contributed by atoms with E-state index in [1.807, 2.05) is 52.7 Å². The van der Waals surface area contributed by atoms with E-state index in [9.17, 15) is 9.59 Å². The minimum absolute atomic E-state index is 0.0433. The molecule has 0 bridgehead atoms. The fourth-order valence-corrected chi connectivity index (χ4v) is 4.19. The summed E-state index contributed by atoms with van der Waals surface area (Å²) in [5.41, 5.74) is 0.648.